The highest BCUT2D eigenvalue weighted by atomic mass is 19.3. The Hall–Kier alpha value is -1.50. The van der Waals surface area contributed by atoms with Crippen LogP contribution >= 0.6 is 0 Å². The van der Waals surface area contributed by atoms with E-state index < -0.39 is 30.0 Å². The van der Waals surface area contributed by atoms with Gasteiger partial charge >= 0.3 is 11.9 Å². The van der Waals surface area contributed by atoms with Crippen LogP contribution in [0.5, 0.6) is 0 Å². The van der Waals surface area contributed by atoms with E-state index in [-0.39, 0.29) is 13.0 Å². The van der Waals surface area contributed by atoms with Gasteiger partial charge in [0.05, 0.1) is 13.5 Å². The lowest BCUT2D eigenvalue weighted by Crippen LogP contribution is -2.39. The van der Waals surface area contributed by atoms with Crippen LogP contribution in [0.3, 0.4) is 0 Å². The molecule has 18 heavy (non-hydrogen) atoms. The maximum atomic E-state index is 12.2. The number of rotatable bonds is 8. The topological polar surface area (TPSA) is 75.6 Å². The molecule has 0 radical (unpaired) electrons. The molecule has 0 fully saturated rings. The van der Waals surface area contributed by atoms with E-state index in [1.165, 1.54) is 0 Å². The molecular weight excluding hydrogens is 248 g/mol. The number of carbonyl (C=O) groups excluding carboxylic acids is 1. The third-order valence-electron chi connectivity index (χ3n) is 2.35. The summed E-state index contributed by atoms with van der Waals surface area (Å²) in [6, 6.07) is -0.818. The van der Waals surface area contributed by atoms with Crippen LogP contribution in [-0.4, -0.2) is 36.7 Å². The van der Waals surface area contributed by atoms with Gasteiger partial charge in [-0.15, -0.1) is 0 Å². The van der Waals surface area contributed by atoms with Gasteiger partial charge in [0.2, 0.25) is 0 Å². The van der Waals surface area contributed by atoms with E-state index in [0.29, 0.717) is 12.5 Å². The number of nitrogens with one attached hydrogen (secondary N) is 1. The summed E-state index contributed by atoms with van der Waals surface area (Å²) in [5, 5.41) is 11.4. The van der Waals surface area contributed by atoms with Crippen molar-refractivity contribution < 1.29 is 28.2 Å². The summed E-state index contributed by atoms with van der Waals surface area (Å²) in [6.07, 6.45) is -1.19. The van der Waals surface area contributed by atoms with Crippen molar-refractivity contribution in [3.05, 3.63) is 12.2 Å². The van der Waals surface area contributed by atoms with E-state index >= 15 is 0 Å². The lowest BCUT2D eigenvalue weighted by molar-refractivity contribution is -0.141. The number of hydrogen-bond donors (Lipinski definition) is 2. The Morgan fingerprint density at radius 2 is 2.06 bits per heavy atom. The van der Waals surface area contributed by atoms with E-state index in [9.17, 15) is 18.4 Å². The van der Waals surface area contributed by atoms with Crippen molar-refractivity contribution in [2.45, 2.75) is 25.8 Å². The molecule has 0 aliphatic rings. The Morgan fingerprint density at radius 1 is 1.44 bits per heavy atom. The fraction of sp³-hybridized carbons (Fsp3) is 0.636. The Morgan fingerprint density at radius 3 is 2.44 bits per heavy atom. The summed E-state index contributed by atoms with van der Waals surface area (Å²) in [7, 11) is 1.16. The number of carboxylic acid groups (broad SMARTS) is 1. The molecule has 5 nitrogen and oxygen atoms in total. The average molecular weight is 265 g/mol. The van der Waals surface area contributed by atoms with Gasteiger partial charge in [-0.25, -0.2) is 0 Å². The van der Waals surface area contributed by atoms with Crippen molar-refractivity contribution in [1.82, 2.24) is 5.32 Å². The minimum atomic E-state index is -1.91. The van der Waals surface area contributed by atoms with E-state index in [1.54, 1.807) is 6.92 Å². The second-order valence-electron chi connectivity index (χ2n) is 3.70. The molecule has 0 saturated carbocycles. The third-order valence-corrected chi connectivity index (χ3v) is 2.35. The molecule has 0 aromatic carbocycles. The number of carboxylic acids is 1. The molecule has 7 heteroatoms. The van der Waals surface area contributed by atoms with Gasteiger partial charge in [-0.2, -0.15) is 8.78 Å². The van der Waals surface area contributed by atoms with Crippen LogP contribution in [0.25, 0.3) is 0 Å². The monoisotopic (exact) mass is 265 g/mol. The van der Waals surface area contributed by atoms with Crippen LogP contribution in [0.1, 0.15) is 19.8 Å². The van der Waals surface area contributed by atoms with Crippen LogP contribution in [0.4, 0.5) is 8.78 Å². The average Bonchev–Trinajstić information content (AvgIpc) is 2.28. The molecule has 0 amide bonds. The van der Waals surface area contributed by atoms with Crippen molar-refractivity contribution in [1.29, 1.82) is 0 Å². The molecule has 0 aliphatic heterocycles. The molecule has 0 aromatic heterocycles. The first-order chi connectivity index (χ1) is 8.40. The van der Waals surface area contributed by atoms with Crippen molar-refractivity contribution in [2.75, 3.05) is 13.7 Å². The first-order valence-electron chi connectivity index (χ1n) is 5.46. The number of methoxy groups -OCH3 is 1. The number of esters is 1. The first-order valence-corrected chi connectivity index (χ1v) is 5.46. The number of ether oxygens (including phenoxy) is 1. The van der Waals surface area contributed by atoms with Crippen LogP contribution in [0, 0.1) is 5.92 Å². The predicted molar refractivity (Wildman–Crippen MR) is 60.1 cm³/mol. The van der Waals surface area contributed by atoms with Gasteiger partial charge in [0.1, 0.15) is 6.04 Å². The van der Waals surface area contributed by atoms with Gasteiger partial charge in [-0.1, -0.05) is 6.92 Å². The van der Waals surface area contributed by atoms with Gasteiger partial charge in [-0.3, -0.25) is 9.59 Å². The van der Waals surface area contributed by atoms with E-state index in [0.717, 1.165) is 7.11 Å². The molecule has 0 saturated heterocycles. The maximum Gasteiger partial charge on any atom is 0.320 e. The Bertz CT molecular complexity index is 316. The lowest BCUT2D eigenvalue weighted by atomic mass is 10.0. The lowest BCUT2D eigenvalue weighted by Gasteiger charge is -2.16. The van der Waals surface area contributed by atoms with E-state index in [2.05, 4.69) is 10.1 Å². The Balaban J connectivity index is 4.45. The molecule has 2 N–H and O–H groups in total. The molecule has 0 heterocycles. The van der Waals surface area contributed by atoms with Crippen molar-refractivity contribution in [3.8, 4) is 0 Å². The third kappa shape index (κ3) is 6.95. The van der Waals surface area contributed by atoms with Gasteiger partial charge < -0.3 is 15.2 Å². The smallest absolute Gasteiger partial charge is 0.320 e. The summed E-state index contributed by atoms with van der Waals surface area (Å²) >= 11 is 0. The predicted octanol–water partition coefficient (Wildman–Crippen LogP) is 1.40. The highest BCUT2D eigenvalue weighted by Gasteiger charge is 2.18. The zero-order valence-corrected chi connectivity index (χ0v) is 10.3. The van der Waals surface area contributed by atoms with Crippen LogP contribution < -0.4 is 5.32 Å². The molecule has 0 unspecified atom stereocenters. The van der Waals surface area contributed by atoms with Gasteiger partial charge in [0.25, 0.3) is 6.08 Å². The van der Waals surface area contributed by atoms with Gasteiger partial charge in [-0.05, 0) is 12.5 Å². The van der Waals surface area contributed by atoms with E-state index in [4.69, 9.17) is 5.11 Å². The molecule has 0 spiro atoms. The summed E-state index contributed by atoms with van der Waals surface area (Å²) in [5.74, 6) is -2.47. The quantitative estimate of drug-likeness (QED) is 0.649. The largest absolute Gasteiger partial charge is 0.480 e. The zero-order valence-electron chi connectivity index (χ0n) is 10.3. The summed E-state index contributed by atoms with van der Waals surface area (Å²) < 4.78 is 28.7. The SMILES string of the molecule is CC[C@H](NC[C@H](C=C(F)F)CC(=O)OC)C(=O)O. The molecule has 0 bridgehead atoms. The number of halogens is 2. The number of hydrogen-bond acceptors (Lipinski definition) is 4. The fourth-order valence-electron chi connectivity index (χ4n) is 1.37. The maximum absolute atomic E-state index is 12.2. The first kappa shape index (κ1) is 16.5. The normalized spacial score (nSPS) is 13.6. The van der Waals surface area contributed by atoms with Crippen LogP contribution in [0.15, 0.2) is 12.2 Å². The number of carbonyl (C=O) groups is 2. The highest BCUT2D eigenvalue weighted by molar-refractivity contribution is 5.73. The molecular formula is C11H17F2NO4. The Labute approximate surface area is 104 Å². The molecule has 2 atom stereocenters. The summed E-state index contributed by atoms with van der Waals surface area (Å²) in [6.45, 7) is 1.63. The minimum absolute atomic E-state index is 0.0305. The van der Waals surface area contributed by atoms with Gasteiger partial charge in [0, 0.05) is 12.5 Å². The second kappa shape index (κ2) is 8.57. The van der Waals surface area contributed by atoms with Crippen molar-refractivity contribution in [2.24, 2.45) is 5.92 Å². The fourth-order valence-corrected chi connectivity index (χ4v) is 1.37. The second-order valence-corrected chi connectivity index (χ2v) is 3.70. The summed E-state index contributed by atoms with van der Waals surface area (Å²) in [5.41, 5.74) is 0. The van der Waals surface area contributed by atoms with Gasteiger partial charge in [0.15, 0.2) is 0 Å². The summed E-state index contributed by atoms with van der Waals surface area (Å²) in [4.78, 5) is 21.7. The van der Waals surface area contributed by atoms with Crippen LogP contribution in [-0.2, 0) is 14.3 Å². The standard InChI is InChI=1S/C11H17F2NO4/c1-3-8(11(16)17)14-6-7(4-9(12)13)5-10(15)18-2/h4,7-8,14H,3,5-6H2,1-2H3,(H,16,17)/t7-,8+/m1/s1. The molecule has 104 valence electrons. The van der Waals surface area contributed by atoms with Crippen LogP contribution in [0.2, 0.25) is 0 Å². The number of aliphatic carboxylic acids is 1. The highest BCUT2D eigenvalue weighted by Crippen LogP contribution is 2.11. The Kier molecular flexibility index (Phi) is 7.86. The molecule has 0 aliphatic carbocycles. The zero-order chi connectivity index (χ0) is 14.1. The van der Waals surface area contributed by atoms with Crippen molar-refractivity contribution in [3.63, 3.8) is 0 Å². The molecule has 0 aromatic rings. The molecule has 0 rings (SSSR count). The minimum Gasteiger partial charge on any atom is -0.480 e. The van der Waals surface area contributed by atoms with E-state index in [1.807, 2.05) is 0 Å². The van der Waals surface area contributed by atoms with Crippen molar-refractivity contribution >= 4 is 11.9 Å².